The fourth-order valence-electron chi connectivity index (χ4n) is 2.53. The Morgan fingerprint density at radius 1 is 1.25 bits per heavy atom. The Hall–Kier alpha value is -2.12. The minimum absolute atomic E-state index is 0.0597. The van der Waals surface area contributed by atoms with Crippen molar-refractivity contribution < 1.29 is 23.8 Å². The van der Waals surface area contributed by atoms with E-state index in [0.717, 1.165) is 11.3 Å². The summed E-state index contributed by atoms with van der Waals surface area (Å²) in [5.41, 5.74) is 1.75. The summed E-state index contributed by atoms with van der Waals surface area (Å²) in [6, 6.07) is 5.61. The molecule has 7 nitrogen and oxygen atoms in total. The van der Waals surface area contributed by atoms with Crippen LogP contribution in [0, 0.1) is 6.92 Å². The van der Waals surface area contributed by atoms with E-state index in [0.29, 0.717) is 32.1 Å². The number of methoxy groups -OCH3 is 2. The molecule has 0 saturated heterocycles. The van der Waals surface area contributed by atoms with Gasteiger partial charge in [-0.05, 0) is 24.6 Å². The number of amides is 1. The van der Waals surface area contributed by atoms with E-state index in [1.165, 1.54) is 0 Å². The van der Waals surface area contributed by atoms with Crippen molar-refractivity contribution in [2.75, 3.05) is 58.5 Å². The Balaban J connectivity index is 2.10. The summed E-state index contributed by atoms with van der Waals surface area (Å²) < 4.78 is 15.4. The second kappa shape index (κ2) is 8.65. The molecular formula is C17H24N2O5. The number of esters is 1. The van der Waals surface area contributed by atoms with E-state index < -0.39 is 0 Å². The fourth-order valence-corrected chi connectivity index (χ4v) is 2.53. The van der Waals surface area contributed by atoms with E-state index >= 15 is 0 Å². The highest BCUT2D eigenvalue weighted by atomic mass is 16.5. The third kappa shape index (κ3) is 4.69. The van der Waals surface area contributed by atoms with Crippen molar-refractivity contribution in [3.05, 3.63) is 23.8 Å². The van der Waals surface area contributed by atoms with Gasteiger partial charge in [-0.25, -0.2) is 4.79 Å². The summed E-state index contributed by atoms with van der Waals surface area (Å²) in [4.78, 5) is 27.9. The Kier molecular flexibility index (Phi) is 6.57. The van der Waals surface area contributed by atoms with Crippen LogP contribution in [0.2, 0.25) is 0 Å². The lowest BCUT2D eigenvalue weighted by Crippen LogP contribution is -2.46. The Labute approximate surface area is 142 Å². The van der Waals surface area contributed by atoms with Crippen molar-refractivity contribution in [3.8, 4) is 5.75 Å². The number of hydrogen-bond acceptors (Lipinski definition) is 6. The van der Waals surface area contributed by atoms with Crippen LogP contribution in [0.4, 0.5) is 5.69 Å². The molecule has 1 amide bonds. The molecule has 0 spiro atoms. The number of ether oxygens (including phenoxy) is 3. The largest absolute Gasteiger partial charge is 0.423 e. The summed E-state index contributed by atoms with van der Waals surface area (Å²) in [6.45, 7) is 3.97. The minimum atomic E-state index is -0.360. The van der Waals surface area contributed by atoms with E-state index in [-0.39, 0.29) is 25.0 Å². The van der Waals surface area contributed by atoms with Gasteiger partial charge in [-0.2, -0.15) is 0 Å². The van der Waals surface area contributed by atoms with Gasteiger partial charge in [0.25, 0.3) is 0 Å². The van der Waals surface area contributed by atoms with Crippen LogP contribution in [0.25, 0.3) is 0 Å². The zero-order chi connectivity index (χ0) is 17.5. The summed E-state index contributed by atoms with van der Waals surface area (Å²) in [5, 5.41) is 0. The molecule has 0 radical (unpaired) electrons. The van der Waals surface area contributed by atoms with Gasteiger partial charge >= 0.3 is 5.97 Å². The van der Waals surface area contributed by atoms with E-state index in [4.69, 9.17) is 14.2 Å². The quantitative estimate of drug-likeness (QED) is 0.518. The molecule has 132 valence electrons. The lowest BCUT2D eigenvalue weighted by Gasteiger charge is -2.31. The number of benzene rings is 1. The van der Waals surface area contributed by atoms with Crippen molar-refractivity contribution in [2.24, 2.45) is 0 Å². The predicted octanol–water partition coefficient (Wildman–Crippen LogP) is 0.842. The van der Waals surface area contributed by atoms with Gasteiger partial charge in [0.15, 0.2) is 5.75 Å². The van der Waals surface area contributed by atoms with Crippen LogP contribution in [-0.4, -0.2) is 70.4 Å². The van der Waals surface area contributed by atoms with E-state index in [9.17, 15) is 9.59 Å². The average Bonchev–Trinajstić information content (AvgIpc) is 2.54. The van der Waals surface area contributed by atoms with Crippen molar-refractivity contribution in [2.45, 2.75) is 6.92 Å². The van der Waals surface area contributed by atoms with E-state index in [1.54, 1.807) is 30.1 Å². The second-order valence-electron chi connectivity index (χ2n) is 5.67. The van der Waals surface area contributed by atoms with Crippen LogP contribution in [0.3, 0.4) is 0 Å². The zero-order valence-corrected chi connectivity index (χ0v) is 14.4. The molecule has 0 bridgehead atoms. The fraction of sp³-hybridized carbons (Fsp3) is 0.529. The summed E-state index contributed by atoms with van der Waals surface area (Å²) in [5.74, 6) is 0.0611. The number of hydrogen-bond donors (Lipinski definition) is 0. The Morgan fingerprint density at radius 2 is 1.92 bits per heavy atom. The van der Waals surface area contributed by atoms with Crippen molar-refractivity contribution >= 4 is 17.6 Å². The molecule has 0 N–H and O–H groups in total. The molecule has 1 aliphatic heterocycles. The number of carbonyl (C=O) groups excluding carboxylic acids is 2. The minimum Gasteiger partial charge on any atom is -0.423 e. The molecule has 2 rings (SSSR count). The van der Waals surface area contributed by atoms with Crippen molar-refractivity contribution in [1.82, 2.24) is 4.90 Å². The molecule has 1 heterocycles. The standard InChI is InChI=1S/C17H24N2O5/c1-13-4-5-14-15(10-13)24-17(21)12-19(14)11-16(20)18(6-8-22-2)7-9-23-3/h4-5,10H,6-9,11-12H2,1-3H3. The molecular weight excluding hydrogens is 312 g/mol. The van der Waals surface area contributed by atoms with Crippen LogP contribution in [0.5, 0.6) is 5.75 Å². The molecule has 0 unspecified atom stereocenters. The normalized spacial score (nSPS) is 13.5. The molecule has 0 atom stereocenters. The number of aryl methyl sites for hydroxylation is 1. The van der Waals surface area contributed by atoms with Gasteiger partial charge in [-0.3, -0.25) is 4.79 Å². The number of rotatable bonds is 8. The number of fused-ring (bicyclic) bond motifs is 1. The van der Waals surface area contributed by atoms with Crippen LogP contribution >= 0.6 is 0 Å². The molecule has 1 aromatic carbocycles. The first-order chi connectivity index (χ1) is 11.5. The maximum Gasteiger partial charge on any atom is 0.331 e. The Bertz CT molecular complexity index is 582. The van der Waals surface area contributed by atoms with Gasteiger partial charge in [0.1, 0.15) is 6.54 Å². The lowest BCUT2D eigenvalue weighted by atomic mass is 10.1. The maximum absolute atomic E-state index is 12.6. The van der Waals surface area contributed by atoms with Crippen LogP contribution < -0.4 is 9.64 Å². The zero-order valence-electron chi connectivity index (χ0n) is 14.4. The molecule has 24 heavy (non-hydrogen) atoms. The van der Waals surface area contributed by atoms with Crippen molar-refractivity contribution in [3.63, 3.8) is 0 Å². The molecule has 0 saturated carbocycles. The third-order valence-corrected chi connectivity index (χ3v) is 3.81. The molecule has 0 aromatic heterocycles. The molecule has 1 aromatic rings. The lowest BCUT2D eigenvalue weighted by molar-refractivity contribution is -0.134. The van der Waals surface area contributed by atoms with Gasteiger partial charge in [-0.1, -0.05) is 6.07 Å². The Morgan fingerprint density at radius 3 is 2.54 bits per heavy atom. The molecule has 1 aliphatic rings. The summed E-state index contributed by atoms with van der Waals surface area (Å²) in [7, 11) is 3.19. The van der Waals surface area contributed by atoms with E-state index in [1.807, 2.05) is 19.1 Å². The topological polar surface area (TPSA) is 68.3 Å². The molecule has 7 heteroatoms. The highest BCUT2D eigenvalue weighted by Crippen LogP contribution is 2.32. The maximum atomic E-state index is 12.6. The SMILES string of the molecule is COCCN(CCOC)C(=O)CN1CC(=O)Oc2cc(C)ccc21. The highest BCUT2D eigenvalue weighted by Gasteiger charge is 2.27. The van der Waals surface area contributed by atoms with Crippen molar-refractivity contribution in [1.29, 1.82) is 0 Å². The monoisotopic (exact) mass is 336 g/mol. The summed E-state index contributed by atoms with van der Waals surface area (Å²) >= 11 is 0. The van der Waals surface area contributed by atoms with Gasteiger partial charge < -0.3 is 24.0 Å². The number of carbonyl (C=O) groups is 2. The first kappa shape index (κ1) is 18.2. The highest BCUT2D eigenvalue weighted by molar-refractivity contribution is 5.89. The number of nitrogens with zero attached hydrogens (tertiary/aromatic N) is 2. The van der Waals surface area contributed by atoms with Crippen LogP contribution in [-0.2, 0) is 19.1 Å². The molecule has 0 aliphatic carbocycles. The average molecular weight is 336 g/mol. The van der Waals surface area contributed by atoms with Crippen LogP contribution in [0.1, 0.15) is 5.56 Å². The first-order valence-electron chi connectivity index (χ1n) is 7.87. The van der Waals surface area contributed by atoms with Gasteiger partial charge in [0, 0.05) is 27.3 Å². The summed E-state index contributed by atoms with van der Waals surface area (Å²) in [6.07, 6.45) is 0. The van der Waals surface area contributed by atoms with Gasteiger partial charge in [0.05, 0.1) is 25.4 Å². The molecule has 0 fully saturated rings. The third-order valence-electron chi connectivity index (χ3n) is 3.81. The smallest absolute Gasteiger partial charge is 0.331 e. The van der Waals surface area contributed by atoms with Gasteiger partial charge in [0.2, 0.25) is 5.91 Å². The first-order valence-corrected chi connectivity index (χ1v) is 7.87. The number of anilines is 1. The van der Waals surface area contributed by atoms with Gasteiger partial charge in [-0.15, -0.1) is 0 Å². The predicted molar refractivity (Wildman–Crippen MR) is 89.4 cm³/mol. The van der Waals surface area contributed by atoms with Crippen LogP contribution in [0.15, 0.2) is 18.2 Å². The van der Waals surface area contributed by atoms with E-state index in [2.05, 4.69) is 0 Å². The second-order valence-corrected chi connectivity index (χ2v) is 5.67.